The van der Waals surface area contributed by atoms with Crippen LogP contribution in [0.15, 0.2) is 78.9 Å². The topological polar surface area (TPSA) is 56.1 Å². The first-order valence-corrected chi connectivity index (χ1v) is 10.8. The first-order chi connectivity index (χ1) is 15.5. The molecule has 4 aromatic rings. The zero-order valence-corrected chi connectivity index (χ0v) is 18.9. The molecule has 5 nitrogen and oxygen atoms in total. The highest BCUT2D eigenvalue weighted by molar-refractivity contribution is 6.31. The van der Waals surface area contributed by atoms with Crippen molar-refractivity contribution in [2.75, 3.05) is 5.32 Å². The van der Waals surface area contributed by atoms with Crippen LogP contribution in [0.2, 0.25) is 10.0 Å². The second kappa shape index (κ2) is 9.90. The number of aromatic nitrogens is 2. The number of amides is 1. The third-order valence-corrected chi connectivity index (χ3v) is 5.56. The van der Waals surface area contributed by atoms with Gasteiger partial charge in [-0.05, 0) is 60.5 Å². The molecule has 3 aromatic carbocycles. The molecule has 1 N–H and O–H groups in total. The largest absolute Gasteiger partial charge is 0.489 e. The first-order valence-electron chi connectivity index (χ1n) is 10.0. The second-order valence-corrected chi connectivity index (χ2v) is 8.16. The Morgan fingerprint density at radius 1 is 1.00 bits per heavy atom. The summed E-state index contributed by atoms with van der Waals surface area (Å²) >= 11 is 12.1. The van der Waals surface area contributed by atoms with Crippen LogP contribution in [0.1, 0.15) is 27.2 Å². The number of rotatable bonds is 7. The lowest BCUT2D eigenvalue weighted by Crippen LogP contribution is -2.13. The van der Waals surface area contributed by atoms with Crippen molar-refractivity contribution in [3.05, 3.63) is 111 Å². The van der Waals surface area contributed by atoms with Gasteiger partial charge in [-0.15, -0.1) is 0 Å². The van der Waals surface area contributed by atoms with Gasteiger partial charge in [0, 0.05) is 27.4 Å². The molecule has 1 heterocycles. The van der Waals surface area contributed by atoms with Gasteiger partial charge in [0.2, 0.25) is 0 Å². The van der Waals surface area contributed by atoms with E-state index in [4.69, 9.17) is 27.9 Å². The Bertz CT molecular complexity index is 1220. The minimum atomic E-state index is -0.224. The van der Waals surface area contributed by atoms with Crippen LogP contribution >= 0.6 is 23.2 Å². The molecule has 1 aromatic heterocycles. The zero-order valence-electron chi connectivity index (χ0n) is 17.4. The van der Waals surface area contributed by atoms with Gasteiger partial charge in [-0.1, -0.05) is 53.5 Å². The van der Waals surface area contributed by atoms with E-state index < -0.39 is 0 Å². The molecule has 0 unspecified atom stereocenters. The van der Waals surface area contributed by atoms with Gasteiger partial charge in [-0.3, -0.25) is 9.48 Å². The van der Waals surface area contributed by atoms with Gasteiger partial charge in [0.05, 0.1) is 6.54 Å². The Morgan fingerprint density at radius 3 is 2.44 bits per heavy atom. The number of halogens is 2. The van der Waals surface area contributed by atoms with Crippen molar-refractivity contribution in [3.63, 3.8) is 0 Å². The number of hydrogen-bond acceptors (Lipinski definition) is 3. The molecule has 0 radical (unpaired) electrons. The summed E-state index contributed by atoms with van der Waals surface area (Å²) in [4.78, 5) is 12.6. The number of carbonyl (C=O) groups excluding carboxylic acids is 1. The van der Waals surface area contributed by atoms with E-state index in [1.165, 1.54) is 0 Å². The van der Waals surface area contributed by atoms with E-state index in [-0.39, 0.29) is 5.91 Å². The minimum absolute atomic E-state index is 0.224. The Hall–Kier alpha value is -3.28. The minimum Gasteiger partial charge on any atom is -0.489 e. The predicted molar refractivity (Wildman–Crippen MR) is 128 cm³/mol. The van der Waals surface area contributed by atoms with Crippen molar-refractivity contribution >= 4 is 34.9 Å². The van der Waals surface area contributed by atoms with E-state index in [0.29, 0.717) is 34.6 Å². The number of ether oxygens (including phenoxy) is 1. The number of benzene rings is 3. The van der Waals surface area contributed by atoms with Gasteiger partial charge < -0.3 is 10.1 Å². The molecule has 0 fully saturated rings. The Labute approximate surface area is 196 Å². The molecular weight excluding hydrogens is 445 g/mol. The van der Waals surface area contributed by atoms with E-state index in [1.54, 1.807) is 24.3 Å². The van der Waals surface area contributed by atoms with Gasteiger partial charge in [0.15, 0.2) is 5.82 Å². The molecule has 0 saturated carbocycles. The van der Waals surface area contributed by atoms with E-state index in [1.807, 2.05) is 66.2 Å². The van der Waals surface area contributed by atoms with Crippen LogP contribution in [0.25, 0.3) is 0 Å². The molecule has 1 amide bonds. The fourth-order valence-electron chi connectivity index (χ4n) is 3.16. The number of hydrogen-bond donors (Lipinski definition) is 1. The Balaban J connectivity index is 1.36. The highest BCUT2D eigenvalue weighted by Crippen LogP contribution is 2.19. The number of nitrogens with one attached hydrogen (secondary N) is 1. The first kappa shape index (κ1) is 21.9. The summed E-state index contributed by atoms with van der Waals surface area (Å²) < 4.78 is 7.55. The molecule has 0 aliphatic rings. The maximum Gasteiger partial charge on any atom is 0.256 e. The van der Waals surface area contributed by atoms with Crippen LogP contribution in [-0.4, -0.2) is 15.7 Å². The van der Waals surface area contributed by atoms with Crippen LogP contribution in [0.4, 0.5) is 5.82 Å². The van der Waals surface area contributed by atoms with E-state index in [2.05, 4.69) is 10.4 Å². The van der Waals surface area contributed by atoms with Gasteiger partial charge in [0.25, 0.3) is 5.91 Å². The van der Waals surface area contributed by atoms with Crippen molar-refractivity contribution < 1.29 is 9.53 Å². The summed E-state index contributed by atoms with van der Waals surface area (Å²) in [6, 6.07) is 23.9. The highest BCUT2D eigenvalue weighted by Gasteiger charge is 2.11. The summed E-state index contributed by atoms with van der Waals surface area (Å²) in [5.41, 5.74) is 3.39. The van der Waals surface area contributed by atoms with E-state index >= 15 is 0 Å². The molecule has 0 aliphatic carbocycles. The van der Waals surface area contributed by atoms with Crippen molar-refractivity contribution in [1.82, 2.24) is 9.78 Å². The average molecular weight is 466 g/mol. The summed E-state index contributed by atoms with van der Waals surface area (Å²) in [6.07, 6.45) is 0. The lowest BCUT2D eigenvalue weighted by molar-refractivity contribution is 0.102. The quantitative estimate of drug-likeness (QED) is 0.344. The summed E-state index contributed by atoms with van der Waals surface area (Å²) in [6.45, 7) is 2.87. The van der Waals surface area contributed by atoms with Crippen LogP contribution in [0.5, 0.6) is 5.75 Å². The van der Waals surface area contributed by atoms with Gasteiger partial charge in [-0.25, -0.2) is 0 Å². The molecule has 0 atom stereocenters. The monoisotopic (exact) mass is 465 g/mol. The summed E-state index contributed by atoms with van der Waals surface area (Å²) in [5.74, 6) is 1.01. The van der Waals surface area contributed by atoms with Crippen molar-refractivity contribution in [1.29, 1.82) is 0 Å². The van der Waals surface area contributed by atoms with Crippen LogP contribution in [0.3, 0.4) is 0 Å². The van der Waals surface area contributed by atoms with E-state index in [9.17, 15) is 4.79 Å². The third kappa shape index (κ3) is 5.49. The lowest BCUT2D eigenvalue weighted by atomic mass is 10.1. The molecule has 32 heavy (non-hydrogen) atoms. The van der Waals surface area contributed by atoms with Crippen LogP contribution in [-0.2, 0) is 13.2 Å². The molecule has 0 aliphatic heterocycles. The highest BCUT2D eigenvalue weighted by atomic mass is 35.5. The maximum absolute atomic E-state index is 12.6. The zero-order chi connectivity index (χ0) is 22.5. The van der Waals surface area contributed by atoms with Crippen molar-refractivity contribution in [2.45, 2.75) is 20.1 Å². The normalized spacial score (nSPS) is 10.7. The number of nitrogens with zero attached hydrogens (tertiary/aromatic N) is 2. The van der Waals surface area contributed by atoms with Crippen LogP contribution < -0.4 is 10.1 Å². The van der Waals surface area contributed by atoms with Crippen molar-refractivity contribution in [2.24, 2.45) is 0 Å². The van der Waals surface area contributed by atoms with E-state index in [0.717, 1.165) is 22.6 Å². The molecular formula is C25H21Cl2N3O2. The number of aryl methyl sites for hydroxylation is 1. The molecule has 0 spiro atoms. The molecule has 0 saturated heterocycles. The standard InChI is InChI=1S/C25H21Cl2N3O2/c1-17-14-24(29-30(17)15-20-4-2-3-5-23(20)27)28-25(31)19-8-6-18(7-9-19)16-32-22-12-10-21(26)11-13-22/h2-14H,15-16H2,1H3,(H,28,29,31). The Morgan fingerprint density at radius 2 is 1.72 bits per heavy atom. The predicted octanol–water partition coefficient (Wildman–Crippen LogP) is 6.38. The molecule has 4 rings (SSSR count). The fraction of sp³-hybridized carbons (Fsp3) is 0.120. The molecule has 0 bridgehead atoms. The fourth-order valence-corrected chi connectivity index (χ4v) is 3.48. The van der Waals surface area contributed by atoms with Gasteiger partial charge in [0.1, 0.15) is 12.4 Å². The average Bonchev–Trinajstić information content (AvgIpc) is 3.13. The summed E-state index contributed by atoms with van der Waals surface area (Å²) in [5, 5.41) is 8.70. The lowest BCUT2D eigenvalue weighted by Gasteiger charge is -2.08. The third-order valence-electron chi connectivity index (χ3n) is 4.94. The van der Waals surface area contributed by atoms with Gasteiger partial charge in [-0.2, -0.15) is 5.10 Å². The maximum atomic E-state index is 12.6. The molecule has 7 heteroatoms. The van der Waals surface area contributed by atoms with Crippen molar-refractivity contribution in [3.8, 4) is 5.75 Å². The van der Waals surface area contributed by atoms with Crippen LogP contribution in [0, 0.1) is 6.92 Å². The number of carbonyl (C=O) groups is 1. The second-order valence-electron chi connectivity index (χ2n) is 7.31. The summed E-state index contributed by atoms with van der Waals surface area (Å²) in [7, 11) is 0. The Kier molecular flexibility index (Phi) is 6.78. The van der Waals surface area contributed by atoms with Gasteiger partial charge >= 0.3 is 0 Å². The SMILES string of the molecule is Cc1cc(NC(=O)c2ccc(COc3ccc(Cl)cc3)cc2)nn1Cc1ccccc1Cl. The molecule has 162 valence electrons. The smallest absolute Gasteiger partial charge is 0.256 e. The number of anilines is 1.